The van der Waals surface area contributed by atoms with E-state index in [-0.39, 0.29) is 5.92 Å². The zero-order chi connectivity index (χ0) is 20.2. The molecule has 0 spiro atoms. The van der Waals surface area contributed by atoms with Crippen LogP contribution in [0.5, 0.6) is 0 Å². The second-order valence-corrected chi connectivity index (χ2v) is 6.89. The van der Waals surface area contributed by atoms with Crippen molar-refractivity contribution in [2.24, 2.45) is 5.92 Å². The van der Waals surface area contributed by atoms with Crippen LogP contribution < -0.4 is 5.32 Å². The Morgan fingerprint density at radius 3 is 2.48 bits per heavy atom. The molecule has 0 unspecified atom stereocenters. The van der Waals surface area contributed by atoms with E-state index >= 15 is 0 Å². The highest BCUT2D eigenvalue weighted by atomic mass is 16.5. The van der Waals surface area contributed by atoms with Crippen LogP contribution >= 0.6 is 0 Å². The van der Waals surface area contributed by atoms with E-state index in [1.807, 2.05) is 44.2 Å². The highest BCUT2D eigenvalue weighted by Crippen LogP contribution is 2.19. The minimum Gasteiger partial charge on any atom is -0.452 e. The molecule has 0 radical (unpaired) electrons. The zero-order valence-electron chi connectivity index (χ0n) is 16.2. The Hall–Kier alpha value is -3.14. The maximum Gasteiger partial charge on any atom is 0.342 e. The molecule has 1 aromatic heterocycles. The van der Waals surface area contributed by atoms with Crippen LogP contribution in [0.1, 0.15) is 42.5 Å². The number of hydrogen-bond acceptors (Lipinski definition) is 5. The number of hydrogen-bond donors (Lipinski definition) is 1. The van der Waals surface area contributed by atoms with E-state index < -0.39 is 24.0 Å². The van der Waals surface area contributed by atoms with E-state index in [2.05, 4.69) is 16.5 Å². The van der Waals surface area contributed by atoms with Crippen LogP contribution in [0.25, 0.3) is 5.69 Å². The SMILES string of the molecule is Cc1nn(-c2ccccc2)c(C)c1C(=O)OCC(=O)N[C@@](C)(C#N)C(C)C. The molecular formula is C20H24N4O3. The Morgan fingerprint density at radius 1 is 1.30 bits per heavy atom. The van der Waals surface area contributed by atoms with Crippen molar-refractivity contribution in [3.05, 3.63) is 47.3 Å². The molecule has 142 valence electrons. The predicted octanol–water partition coefficient (Wildman–Crippen LogP) is 2.70. The average molecular weight is 368 g/mol. The topological polar surface area (TPSA) is 97.0 Å². The van der Waals surface area contributed by atoms with Crippen molar-refractivity contribution in [2.75, 3.05) is 6.61 Å². The monoisotopic (exact) mass is 368 g/mol. The molecule has 1 heterocycles. The molecule has 7 heteroatoms. The molecule has 0 saturated carbocycles. The molecule has 0 saturated heterocycles. The minimum absolute atomic E-state index is 0.0873. The fourth-order valence-corrected chi connectivity index (χ4v) is 2.59. The second-order valence-electron chi connectivity index (χ2n) is 6.89. The number of esters is 1. The number of nitrogens with one attached hydrogen (secondary N) is 1. The third-order valence-electron chi connectivity index (χ3n) is 4.62. The number of aromatic nitrogens is 2. The van der Waals surface area contributed by atoms with Crippen molar-refractivity contribution in [3.63, 3.8) is 0 Å². The van der Waals surface area contributed by atoms with Crippen molar-refractivity contribution in [3.8, 4) is 11.8 Å². The first-order valence-corrected chi connectivity index (χ1v) is 8.70. The fourth-order valence-electron chi connectivity index (χ4n) is 2.59. The number of rotatable bonds is 6. The summed E-state index contributed by atoms with van der Waals surface area (Å²) < 4.78 is 6.82. The number of amides is 1. The van der Waals surface area contributed by atoms with Crippen LogP contribution in [0.2, 0.25) is 0 Å². The van der Waals surface area contributed by atoms with E-state index in [0.29, 0.717) is 17.0 Å². The van der Waals surface area contributed by atoms with E-state index in [4.69, 9.17) is 4.74 Å². The van der Waals surface area contributed by atoms with Crippen LogP contribution in [0.4, 0.5) is 0 Å². The third kappa shape index (κ3) is 4.34. The molecule has 27 heavy (non-hydrogen) atoms. The summed E-state index contributed by atoms with van der Waals surface area (Å²) in [7, 11) is 0. The van der Waals surface area contributed by atoms with Crippen LogP contribution in [-0.2, 0) is 9.53 Å². The summed E-state index contributed by atoms with van der Waals surface area (Å²) in [6.07, 6.45) is 0. The molecule has 0 fully saturated rings. The zero-order valence-corrected chi connectivity index (χ0v) is 16.2. The van der Waals surface area contributed by atoms with Crippen LogP contribution in [0.3, 0.4) is 0 Å². The van der Waals surface area contributed by atoms with Gasteiger partial charge in [0, 0.05) is 0 Å². The number of aryl methyl sites for hydroxylation is 1. The average Bonchev–Trinajstić information content (AvgIpc) is 2.94. The van der Waals surface area contributed by atoms with Gasteiger partial charge in [-0.1, -0.05) is 32.0 Å². The molecule has 1 atom stereocenters. The molecule has 2 aromatic rings. The minimum atomic E-state index is -1.02. The van der Waals surface area contributed by atoms with Gasteiger partial charge in [0.1, 0.15) is 11.1 Å². The Balaban J connectivity index is 2.10. The summed E-state index contributed by atoms with van der Waals surface area (Å²) in [5.74, 6) is -1.23. The van der Waals surface area contributed by atoms with Crippen LogP contribution in [0, 0.1) is 31.1 Å². The Labute approximate surface area is 158 Å². The maximum absolute atomic E-state index is 12.5. The molecule has 1 amide bonds. The first-order chi connectivity index (χ1) is 12.7. The lowest BCUT2D eigenvalue weighted by Gasteiger charge is -2.27. The number of carbonyl (C=O) groups excluding carboxylic acids is 2. The van der Waals surface area contributed by atoms with Crippen LogP contribution in [-0.4, -0.2) is 33.8 Å². The number of benzene rings is 1. The van der Waals surface area contributed by atoms with Gasteiger partial charge >= 0.3 is 5.97 Å². The first-order valence-electron chi connectivity index (χ1n) is 8.70. The third-order valence-corrected chi connectivity index (χ3v) is 4.62. The summed E-state index contributed by atoms with van der Waals surface area (Å²) in [5, 5.41) is 16.3. The lowest BCUT2D eigenvalue weighted by Crippen LogP contribution is -2.50. The van der Waals surface area contributed by atoms with Gasteiger partial charge in [-0.15, -0.1) is 0 Å². The smallest absolute Gasteiger partial charge is 0.342 e. The van der Waals surface area contributed by atoms with Gasteiger partial charge in [-0.2, -0.15) is 10.4 Å². The second kappa shape index (κ2) is 8.04. The van der Waals surface area contributed by atoms with Crippen molar-refractivity contribution in [1.82, 2.24) is 15.1 Å². The maximum atomic E-state index is 12.5. The quantitative estimate of drug-likeness (QED) is 0.791. The van der Waals surface area contributed by atoms with Gasteiger partial charge in [0.05, 0.1) is 23.1 Å². The molecule has 7 nitrogen and oxygen atoms in total. The Bertz CT molecular complexity index is 881. The fraction of sp³-hybridized carbons (Fsp3) is 0.400. The summed E-state index contributed by atoms with van der Waals surface area (Å²) in [4.78, 5) is 24.6. The summed E-state index contributed by atoms with van der Waals surface area (Å²) in [6, 6.07) is 11.5. The van der Waals surface area contributed by atoms with E-state index in [1.54, 1.807) is 25.5 Å². The van der Waals surface area contributed by atoms with E-state index in [0.717, 1.165) is 5.69 Å². The molecule has 0 aliphatic rings. The van der Waals surface area contributed by atoms with Crippen molar-refractivity contribution in [2.45, 2.75) is 40.2 Å². The van der Waals surface area contributed by atoms with Crippen LogP contribution in [0.15, 0.2) is 30.3 Å². The van der Waals surface area contributed by atoms with Crippen molar-refractivity contribution < 1.29 is 14.3 Å². The number of nitriles is 1. The summed E-state index contributed by atoms with van der Waals surface area (Å²) >= 11 is 0. The van der Waals surface area contributed by atoms with Gasteiger partial charge in [0.15, 0.2) is 6.61 Å². The lowest BCUT2D eigenvalue weighted by atomic mass is 9.90. The van der Waals surface area contributed by atoms with E-state index in [9.17, 15) is 14.9 Å². The number of para-hydroxylation sites is 1. The van der Waals surface area contributed by atoms with Gasteiger partial charge < -0.3 is 10.1 Å². The largest absolute Gasteiger partial charge is 0.452 e. The summed E-state index contributed by atoms with van der Waals surface area (Å²) in [6.45, 7) is 8.33. The highest BCUT2D eigenvalue weighted by molar-refractivity contribution is 5.93. The Morgan fingerprint density at radius 2 is 1.93 bits per heavy atom. The van der Waals surface area contributed by atoms with Crippen molar-refractivity contribution >= 4 is 11.9 Å². The molecule has 2 rings (SSSR count). The predicted molar refractivity (Wildman–Crippen MR) is 100 cm³/mol. The van der Waals surface area contributed by atoms with E-state index in [1.165, 1.54) is 0 Å². The normalized spacial score (nSPS) is 12.9. The lowest BCUT2D eigenvalue weighted by molar-refractivity contribution is -0.125. The summed E-state index contributed by atoms with van der Waals surface area (Å²) in [5.41, 5.74) is 1.29. The molecule has 0 bridgehead atoms. The molecule has 1 aromatic carbocycles. The molecular weight excluding hydrogens is 344 g/mol. The number of carbonyl (C=O) groups is 2. The Kier molecular flexibility index (Phi) is 6.01. The molecule has 0 aliphatic heterocycles. The van der Waals surface area contributed by atoms with Gasteiger partial charge in [0.25, 0.3) is 5.91 Å². The van der Waals surface area contributed by atoms with Gasteiger partial charge in [0.2, 0.25) is 0 Å². The number of nitrogens with zero attached hydrogens (tertiary/aromatic N) is 3. The van der Waals surface area contributed by atoms with Gasteiger partial charge in [-0.05, 0) is 38.8 Å². The van der Waals surface area contributed by atoms with Gasteiger partial charge in [-0.3, -0.25) is 4.79 Å². The molecule has 1 N–H and O–H groups in total. The van der Waals surface area contributed by atoms with Gasteiger partial charge in [-0.25, -0.2) is 9.48 Å². The number of ether oxygens (including phenoxy) is 1. The standard InChI is InChI=1S/C20H24N4O3/c1-13(2)20(5,12-21)22-17(25)11-27-19(26)18-14(3)23-24(15(18)4)16-9-7-6-8-10-16/h6-10,13H,11H2,1-5H3,(H,22,25)/t20-/m0/s1. The highest BCUT2D eigenvalue weighted by Gasteiger charge is 2.30. The first kappa shape index (κ1) is 20.2. The molecule has 0 aliphatic carbocycles. The van der Waals surface area contributed by atoms with Crippen molar-refractivity contribution in [1.29, 1.82) is 5.26 Å².